The Bertz CT molecular complexity index is 900. The van der Waals surface area contributed by atoms with Crippen molar-refractivity contribution < 1.29 is 19.2 Å². The molecule has 0 saturated carbocycles. The summed E-state index contributed by atoms with van der Waals surface area (Å²) >= 11 is 0. The Balaban J connectivity index is 1.31. The summed E-state index contributed by atoms with van der Waals surface area (Å²) < 4.78 is 5.14. The van der Waals surface area contributed by atoms with E-state index in [-0.39, 0.29) is 23.7 Å². The van der Waals surface area contributed by atoms with E-state index in [1.54, 1.807) is 36.3 Å². The van der Waals surface area contributed by atoms with Gasteiger partial charge in [-0.25, -0.2) is 0 Å². The van der Waals surface area contributed by atoms with Gasteiger partial charge in [-0.1, -0.05) is 35.5 Å². The van der Waals surface area contributed by atoms with Crippen molar-refractivity contribution in [3.63, 3.8) is 0 Å². The van der Waals surface area contributed by atoms with Crippen molar-refractivity contribution in [1.82, 2.24) is 4.90 Å². The largest absolute Gasteiger partial charge is 0.497 e. The molecule has 2 aromatic rings. The molecule has 2 aromatic carbocycles. The number of likely N-dealkylation sites (tertiary alicyclic amines) is 1. The molecule has 2 aliphatic rings. The van der Waals surface area contributed by atoms with Gasteiger partial charge in [-0.15, -0.1) is 0 Å². The summed E-state index contributed by atoms with van der Waals surface area (Å²) in [4.78, 5) is 32.8. The molecule has 1 amide bonds. The number of ketones is 1. The van der Waals surface area contributed by atoms with E-state index in [1.807, 2.05) is 30.3 Å². The first-order valence-electron chi connectivity index (χ1n) is 9.91. The van der Waals surface area contributed by atoms with Crippen LogP contribution in [-0.2, 0) is 9.63 Å². The number of benzene rings is 2. The topological polar surface area (TPSA) is 68.2 Å². The van der Waals surface area contributed by atoms with E-state index in [0.717, 1.165) is 11.3 Å². The summed E-state index contributed by atoms with van der Waals surface area (Å²) in [5.74, 6) is 0.714. The van der Waals surface area contributed by atoms with Crippen molar-refractivity contribution in [3.8, 4) is 5.75 Å². The quantitative estimate of drug-likeness (QED) is 0.729. The molecule has 1 unspecified atom stereocenters. The van der Waals surface area contributed by atoms with Gasteiger partial charge in [-0.2, -0.15) is 0 Å². The van der Waals surface area contributed by atoms with Gasteiger partial charge >= 0.3 is 0 Å². The third-order valence-electron chi connectivity index (χ3n) is 5.61. The highest BCUT2D eigenvalue weighted by Crippen LogP contribution is 2.29. The van der Waals surface area contributed by atoms with Crippen LogP contribution in [-0.4, -0.2) is 42.5 Å². The SMILES string of the molecule is COc1ccc(C(=O)C2CCN(C(=O)C3=NOC(c4ccccc4)C3)CC2)cc1. The minimum absolute atomic E-state index is 0.0636. The van der Waals surface area contributed by atoms with Gasteiger partial charge in [-0.3, -0.25) is 9.59 Å². The Morgan fingerprint density at radius 1 is 1.03 bits per heavy atom. The number of methoxy groups -OCH3 is 1. The minimum atomic E-state index is -0.204. The molecule has 0 N–H and O–H groups in total. The fourth-order valence-electron chi connectivity index (χ4n) is 3.87. The first-order chi connectivity index (χ1) is 14.2. The first kappa shape index (κ1) is 19.2. The molecule has 0 radical (unpaired) electrons. The Morgan fingerprint density at radius 3 is 2.38 bits per heavy atom. The number of nitrogens with zero attached hydrogens (tertiary/aromatic N) is 2. The number of Topliss-reactive ketones (excluding diaryl/α,β-unsaturated/α-hetero) is 1. The zero-order chi connectivity index (χ0) is 20.2. The second-order valence-corrected chi connectivity index (χ2v) is 7.41. The van der Waals surface area contributed by atoms with Gasteiger partial charge in [0.15, 0.2) is 11.9 Å². The molecule has 0 aromatic heterocycles. The molecule has 6 nitrogen and oxygen atoms in total. The van der Waals surface area contributed by atoms with Crippen LogP contribution in [0.15, 0.2) is 59.8 Å². The number of ether oxygens (including phenoxy) is 1. The van der Waals surface area contributed by atoms with E-state index in [4.69, 9.17) is 9.57 Å². The smallest absolute Gasteiger partial charge is 0.271 e. The van der Waals surface area contributed by atoms with E-state index in [0.29, 0.717) is 43.6 Å². The molecule has 4 rings (SSSR count). The van der Waals surface area contributed by atoms with E-state index < -0.39 is 0 Å². The molecule has 1 atom stereocenters. The lowest BCUT2D eigenvalue weighted by atomic mass is 9.88. The van der Waals surface area contributed by atoms with Crippen LogP contribution in [0.2, 0.25) is 0 Å². The number of carbonyl (C=O) groups is 2. The highest BCUT2D eigenvalue weighted by molar-refractivity contribution is 6.39. The lowest BCUT2D eigenvalue weighted by molar-refractivity contribution is -0.125. The van der Waals surface area contributed by atoms with E-state index in [1.165, 1.54) is 0 Å². The van der Waals surface area contributed by atoms with Crippen LogP contribution in [0.1, 0.15) is 41.3 Å². The number of carbonyl (C=O) groups excluding carboxylic acids is 2. The second kappa shape index (κ2) is 8.47. The lowest BCUT2D eigenvalue weighted by Gasteiger charge is -2.31. The van der Waals surface area contributed by atoms with Gasteiger partial charge in [0.2, 0.25) is 0 Å². The average molecular weight is 392 g/mol. The standard InChI is InChI=1S/C23H24N2O4/c1-28-19-9-7-17(8-10-19)22(26)18-11-13-25(14-12-18)23(27)20-15-21(29-24-20)16-5-3-2-4-6-16/h2-10,18,21H,11-15H2,1H3. The normalized spacial score (nSPS) is 19.4. The molecular formula is C23H24N2O4. The molecule has 6 heteroatoms. The average Bonchev–Trinajstić information content (AvgIpc) is 3.29. The van der Waals surface area contributed by atoms with Crippen molar-refractivity contribution in [2.45, 2.75) is 25.4 Å². The second-order valence-electron chi connectivity index (χ2n) is 7.41. The highest BCUT2D eigenvalue weighted by atomic mass is 16.6. The van der Waals surface area contributed by atoms with Crippen LogP contribution >= 0.6 is 0 Å². The van der Waals surface area contributed by atoms with Crippen LogP contribution in [0, 0.1) is 5.92 Å². The number of hydrogen-bond donors (Lipinski definition) is 0. The lowest BCUT2D eigenvalue weighted by Crippen LogP contribution is -2.43. The minimum Gasteiger partial charge on any atom is -0.497 e. The fraction of sp³-hybridized carbons (Fsp3) is 0.348. The van der Waals surface area contributed by atoms with Gasteiger partial charge in [0.25, 0.3) is 5.91 Å². The third-order valence-corrected chi connectivity index (χ3v) is 5.61. The molecule has 29 heavy (non-hydrogen) atoms. The molecule has 0 bridgehead atoms. The molecule has 2 aliphatic heterocycles. The van der Waals surface area contributed by atoms with Crippen LogP contribution in [0.5, 0.6) is 5.75 Å². The number of oxime groups is 1. The number of amides is 1. The summed E-state index contributed by atoms with van der Waals surface area (Å²) in [7, 11) is 1.60. The first-order valence-corrected chi connectivity index (χ1v) is 9.91. The van der Waals surface area contributed by atoms with Gasteiger partial charge in [0.1, 0.15) is 11.5 Å². The molecule has 1 saturated heterocycles. The maximum absolute atomic E-state index is 12.8. The molecule has 1 fully saturated rings. The number of rotatable bonds is 5. The zero-order valence-electron chi connectivity index (χ0n) is 16.4. The van der Waals surface area contributed by atoms with Gasteiger partial charge in [0.05, 0.1) is 7.11 Å². The van der Waals surface area contributed by atoms with Gasteiger partial charge in [-0.05, 0) is 42.7 Å². The van der Waals surface area contributed by atoms with Crippen LogP contribution in [0.3, 0.4) is 0 Å². The van der Waals surface area contributed by atoms with E-state index in [2.05, 4.69) is 5.16 Å². The van der Waals surface area contributed by atoms with Crippen LogP contribution in [0.25, 0.3) is 0 Å². The summed E-state index contributed by atoms with van der Waals surface area (Å²) in [5.41, 5.74) is 2.16. The summed E-state index contributed by atoms with van der Waals surface area (Å²) in [6.07, 6.45) is 1.59. The van der Waals surface area contributed by atoms with E-state index >= 15 is 0 Å². The van der Waals surface area contributed by atoms with Gasteiger partial charge < -0.3 is 14.5 Å². The Labute approximate surface area is 170 Å². The molecule has 0 aliphatic carbocycles. The predicted molar refractivity (Wildman–Crippen MR) is 109 cm³/mol. The highest BCUT2D eigenvalue weighted by Gasteiger charge is 2.33. The number of hydrogen-bond acceptors (Lipinski definition) is 5. The van der Waals surface area contributed by atoms with E-state index in [9.17, 15) is 9.59 Å². The monoisotopic (exact) mass is 392 g/mol. The maximum atomic E-state index is 12.8. The molecular weight excluding hydrogens is 368 g/mol. The van der Waals surface area contributed by atoms with Crippen molar-refractivity contribution in [3.05, 3.63) is 65.7 Å². The number of piperidine rings is 1. The predicted octanol–water partition coefficient (Wildman–Crippen LogP) is 3.63. The summed E-state index contributed by atoms with van der Waals surface area (Å²) in [5, 5.41) is 4.03. The zero-order valence-corrected chi connectivity index (χ0v) is 16.4. The Hall–Kier alpha value is -3.15. The molecule has 2 heterocycles. The van der Waals surface area contributed by atoms with Crippen molar-refractivity contribution in [2.75, 3.05) is 20.2 Å². The summed E-state index contributed by atoms with van der Waals surface area (Å²) in [6, 6.07) is 17.0. The van der Waals surface area contributed by atoms with Gasteiger partial charge in [0, 0.05) is 31.0 Å². The summed E-state index contributed by atoms with van der Waals surface area (Å²) in [6.45, 7) is 1.11. The molecule has 150 valence electrons. The maximum Gasteiger partial charge on any atom is 0.271 e. The third kappa shape index (κ3) is 4.16. The van der Waals surface area contributed by atoms with Crippen LogP contribution < -0.4 is 4.74 Å². The fourth-order valence-corrected chi connectivity index (χ4v) is 3.87. The Kier molecular flexibility index (Phi) is 5.60. The van der Waals surface area contributed by atoms with Crippen molar-refractivity contribution in [2.24, 2.45) is 11.1 Å². The van der Waals surface area contributed by atoms with Crippen LogP contribution in [0.4, 0.5) is 0 Å². The Morgan fingerprint density at radius 2 is 1.72 bits per heavy atom. The van der Waals surface area contributed by atoms with Crippen molar-refractivity contribution in [1.29, 1.82) is 0 Å². The molecule has 0 spiro atoms. The van der Waals surface area contributed by atoms with Crippen molar-refractivity contribution >= 4 is 17.4 Å².